The van der Waals surface area contributed by atoms with Crippen molar-refractivity contribution in [3.8, 4) is 0 Å². The van der Waals surface area contributed by atoms with Crippen LogP contribution in [-0.4, -0.2) is 56.2 Å². The molecule has 0 bridgehead atoms. The largest absolute Gasteiger partial charge is 0.329 e. The molecule has 0 amide bonds. The molecule has 0 saturated carbocycles. The van der Waals surface area contributed by atoms with Crippen molar-refractivity contribution in [1.82, 2.24) is 9.80 Å². The van der Waals surface area contributed by atoms with Crippen LogP contribution in [0.2, 0.25) is 0 Å². The minimum absolute atomic E-state index is 0.0209. The van der Waals surface area contributed by atoms with Crippen LogP contribution in [0.15, 0.2) is 0 Å². The minimum Gasteiger partial charge on any atom is -0.329 e. The maximum absolute atomic E-state index is 6.13. The standard InChI is InChI=1S/C10H26N4/c1-6-7-10(13(2)3,14(4)5)9(12)8-11/h9H,6-8,11-12H2,1-5H3. The Labute approximate surface area is 88.2 Å². The zero-order chi connectivity index (χ0) is 11.4. The fourth-order valence-corrected chi connectivity index (χ4v) is 2.25. The third-order valence-electron chi connectivity index (χ3n) is 3.01. The van der Waals surface area contributed by atoms with Gasteiger partial charge >= 0.3 is 0 Å². The van der Waals surface area contributed by atoms with Gasteiger partial charge in [-0.1, -0.05) is 13.3 Å². The summed E-state index contributed by atoms with van der Waals surface area (Å²) < 4.78 is 0. The summed E-state index contributed by atoms with van der Waals surface area (Å²) in [6, 6.07) is -0.0209. The molecule has 14 heavy (non-hydrogen) atoms. The fourth-order valence-electron chi connectivity index (χ4n) is 2.25. The first-order chi connectivity index (χ1) is 6.43. The first-order valence-electron chi connectivity index (χ1n) is 5.24. The smallest absolute Gasteiger partial charge is 0.0895 e. The molecule has 0 spiro atoms. The number of hydrogen-bond donors (Lipinski definition) is 2. The third kappa shape index (κ3) is 2.45. The Hall–Kier alpha value is -0.160. The summed E-state index contributed by atoms with van der Waals surface area (Å²) in [5.74, 6) is 0. The molecule has 0 aliphatic rings. The van der Waals surface area contributed by atoms with Gasteiger partial charge in [0.05, 0.1) is 5.66 Å². The van der Waals surface area contributed by atoms with E-state index in [0.29, 0.717) is 6.54 Å². The SMILES string of the molecule is CCCC(C(N)CN)(N(C)C)N(C)C. The fraction of sp³-hybridized carbons (Fsp3) is 1.00. The predicted octanol–water partition coefficient (Wildman–Crippen LogP) is -0.108. The van der Waals surface area contributed by atoms with Crippen molar-refractivity contribution in [2.45, 2.75) is 31.5 Å². The monoisotopic (exact) mass is 202 g/mol. The van der Waals surface area contributed by atoms with E-state index in [-0.39, 0.29) is 11.7 Å². The number of likely N-dealkylation sites (N-methyl/N-ethyl adjacent to an activating group) is 2. The molecule has 0 heterocycles. The van der Waals surface area contributed by atoms with E-state index in [4.69, 9.17) is 11.5 Å². The molecule has 0 fully saturated rings. The molecule has 0 aromatic rings. The molecule has 0 aliphatic carbocycles. The van der Waals surface area contributed by atoms with E-state index in [9.17, 15) is 0 Å². The van der Waals surface area contributed by atoms with Crippen LogP contribution >= 0.6 is 0 Å². The van der Waals surface area contributed by atoms with Gasteiger partial charge in [0, 0.05) is 12.6 Å². The molecular formula is C10H26N4. The zero-order valence-electron chi connectivity index (χ0n) is 10.2. The van der Waals surface area contributed by atoms with E-state index in [0.717, 1.165) is 12.8 Å². The van der Waals surface area contributed by atoms with Crippen LogP contribution in [0.3, 0.4) is 0 Å². The summed E-state index contributed by atoms with van der Waals surface area (Å²) in [6.07, 6.45) is 2.13. The average Bonchev–Trinajstić information content (AvgIpc) is 2.11. The van der Waals surface area contributed by atoms with Crippen LogP contribution in [-0.2, 0) is 0 Å². The highest BCUT2D eigenvalue weighted by molar-refractivity contribution is 4.95. The lowest BCUT2D eigenvalue weighted by atomic mass is 9.92. The number of nitrogens with zero attached hydrogens (tertiary/aromatic N) is 2. The number of nitrogens with two attached hydrogens (primary N) is 2. The maximum Gasteiger partial charge on any atom is 0.0895 e. The van der Waals surface area contributed by atoms with Crippen molar-refractivity contribution in [3.63, 3.8) is 0 Å². The number of rotatable bonds is 6. The first kappa shape index (κ1) is 13.8. The summed E-state index contributed by atoms with van der Waals surface area (Å²) in [5, 5.41) is 0. The van der Waals surface area contributed by atoms with Crippen molar-refractivity contribution in [3.05, 3.63) is 0 Å². The molecule has 0 aromatic heterocycles. The van der Waals surface area contributed by atoms with E-state index in [1.54, 1.807) is 0 Å². The molecule has 4 N–H and O–H groups in total. The van der Waals surface area contributed by atoms with E-state index in [1.165, 1.54) is 0 Å². The van der Waals surface area contributed by atoms with Gasteiger partial charge in [0.25, 0.3) is 0 Å². The van der Waals surface area contributed by atoms with Gasteiger partial charge in [0.15, 0.2) is 0 Å². The number of hydrogen-bond acceptors (Lipinski definition) is 4. The Morgan fingerprint density at radius 3 is 1.79 bits per heavy atom. The summed E-state index contributed by atoms with van der Waals surface area (Å²) in [5.41, 5.74) is 11.7. The summed E-state index contributed by atoms with van der Waals surface area (Å²) in [4.78, 5) is 4.35. The Morgan fingerprint density at radius 2 is 1.57 bits per heavy atom. The van der Waals surface area contributed by atoms with Gasteiger partial charge in [-0.05, 0) is 34.6 Å². The second kappa shape index (κ2) is 5.66. The molecule has 1 atom stereocenters. The van der Waals surface area contributed by atoms with Crippen molar-refractivity contribution in [1.29, 1.82) is 0 Å². The van der Waals surface area contributed by atoms with Crippen LogP contribution in [0.5, 0.6) is 0 Å². The van der Waals surface area contributed by atoms with Gasteiger partial charge in [-0.15, -0.1) is 0 Å². The van der Waals surface area contributed by atoms with Crippen LogP contribution < -0.4 is 11.5 Å². The van der Waals surface area contributed by atoms with Gasteiger partial charge < -0.3 is 11.5 Å². The first-order valence-corrected chi connectivity index (χ1v) is 5.24. The predicted molar refractivity (Wildman–Crippen MR) is 62.0 cm³/mol. The minimum atomic E-state index is -0.122. The van der Waals surface area contributed by atoms with E-state index < -0.39 is 0 Å². The summed E-state index contributed by atoms with van der Waals surface area (Å²) in [7, 11) is 8.24. The average molecular weight is 202 g/mol. The molecule has 4 nitrogen and oxygen atoms in total. The van der Waals surface area contributed by atoms with Crippen molar-refractivity contribution in [2.75, 3.05) is 34.7 Å². The summed E-state index contributed by atoms with van der Waals surface area (Å²) in [6.45, 7) is 2.68. The highest BCUT2D eigenvalue weighted by atomic mass is 15.4. The molecule has 4 heteroatoms. The highest BCUT2D eigenvalue weighted by Crippen LogP contribution is 2.24. The van der Waals surface area contributed by atoms with Gasteiger partial charge in [-0.2, -0.15) is 0 Å². The maximum atomic E-state index is 6.13. The van der Waals surface area contributed by atoms with Gasteiger partial charge in [0.2, 0.25) is 0 Å². The Kier molecular flexibility index (Phi) is 5.59. The molecule has 0 radical (unpaired) electrons. The topological polar surface area (TPSA) is 58.5 Å². The lowest BCUT2D eigenvalue weighted by Gasteiger charge is -2.49. The van der Waals surface area contributed by atoms with Gasteiger partial charge in [-0.25, -0.2) is 0 Å². The van der Waals surface area contributed by atoms with Crippen molar-refractivity contribution >= 4 is 0 Å². The van der Waals surface area contributed by atoms with Crippen LogP contribution in [0.25, 0.3) is 0 Å². The molecule has 86 valence electrons. The zero-order valence-corrected chi connectivity index (χ0v) is 10.2. The Morgan fingerprint density at radius 1 is 1.14 bits per heavy atom. The molecule has 0 saturated heterocycles. The van der Waals surface area contributed by atoms with Crippen molar-refractivity contribution in [2.24, 2.45) is 11.5 Å². The van der Waals surface area contributed by atoms with E-state index in [2.05, 4.69) is 44.9 Å². The highest BCUT2D eigenvalue weighted by Gasteiger charge is 2.39. The normalized spacial score (nSPS) is 15.2. The van der Waals surface area contributed by atoms with E-state index in [1.807, 2.05) is 0 Å². The second-order valence-electron chi connectivity index (χ2n) is 4.26. The van der Waals surface area contributed by atoms with Gasteiger partial charge in [-0.3, -0.25) is 9.80 Å². The molecule has 0 rings (SSSR count). The third-order valence-corrected chi connectivity index (χ3v) is 3.01. The lowest BCUT2D eigenvalue weighted by Crippen LogP contribution is -2.67. The van der Waals surface area contributed by atoms with Crippen LogP contribution in [0.4, 0.5) is 0 Å². The quantitative estimate of drug-likeness (QED) is 0.590. The molecule has 1 unspecified atom stereocenters. The van der Waals surface area contributed by atoms with Crippen LogP contribution in [0.1, 0.15) is 19.8 Å². The Bertz CT molecular complexity index is 148. The van der Waals surface area contributed by atoms with Gasteiger partial charge in [0.1, 0.15) is 0 Å². The van der Waals surface area contributed by atoms with Crippen molar-refractivity contribution < 1.29 is 0 Å². The molecule has 0 aromatic carbocycles. The van der Waals surface area contributed by atoms with Crippen LogP contribution in [0, 0.1) is 0 Å². The second-order valence-corrected chi connectivity index (χ2v) is 4.26. The molecule has 0 aliphatic heterocycles. The Balaban J connectivity index is 4.93. The lowest BCUT2D eigenvalue weighted by molar-refractivity contribution is -0.0254. The molecular weight excluding hydrogens is 176 g/mol. The van der Waals surface area contributed by atoms with E-state index >= 15 is 0 Å². The summed E-state index contributed by atoms with van der Waals surface area (Å²) >= 11 is 0.